The minimum Gasteiger partial charge on any atom is -0.375 e. The lowest BCUT2D eigenvalue weighted by molar-refractivity contribution is -0.140. The third-order valence-electron chi connectivity index (χ3n) is 7.54. The number of nitrogens with one attached hydrogen (secondary N) is 1. The van der Waals surface area contributed by atoms with Gasteiger partial charge in [-0.3, -0.25) is 4.79 Å². The molecular formula is C27H31F4N5O3. The largest absolute Gasteiger partial charge is 0.419 e. The molecule has 39 heavy (non-hydrogen) atoms. The van der Waals surface area contributed by atoms with Crippen molar-refractivity contribution in [2.24, 2.45) is 5.92 Å². The van der Waals surface area contributed by atoms with Gasteiger partial charge in [0, 0.05) is 38.0 Å². The number of carbonyl (C=O) groups is 1. The number of likely N-dealkylation sites (tertiary alicyclic amines) is 1. The van der Waals surface area contributed by atoms with Gasteiger partial charge in [-0.05, 0) is 44.7 Å². The molecule has 4 heterocycles. The van der Waals surface area contributed by atoms with Gasteiger partial charge in [-0.15, -0.1) is 0 Å². The topological polar surface area (TPSA) is 81.5 Å². The number of hydrogen-bond acceptors (Lipinski definition) is 6. The van der Waals surface area contributed by atoms with E-state index in [0.29, 0.717) is 48.9 Å². The first kappa shape index (κ1) is 27.3. The Morgan fingerprint density at radius 3 is 2.67 bits per heavy atom. The molecular weight excluding hydrogens is 518 g/mol. The Hall–Kier alpha value is -3.25. The SMILES string of the molecule is COCC(=O)N1CCC(C2OCCn3c2cc2c(N[C@H](C)c4cccc(C(F)(F)F)c4F)nc(C)nc23)CC1. The molecule has 0 aliphatic carbocycles. The Kier molecular flexibility index (Phi) is 7.51. The zero-order valence-corrected chi connectivity index (χ0v) is 22.0. The second kappa shape index (κ2) is 10.7. The number of halogens is 4. The molecule has 2 aliphatic heterocycles. The number of fused-ring (bicyclic) bond motifs is 3. The van der Waals surface area contributed by atoms with Crippen molar-refractivity contribution in [3.63, 3.8) is 0 Å². The summed E-state index contributed by atoms with van der Waals surface area (Å²) in [6.45, 7) is 5.75. The van der Waals surface area contributed by atoms with E-state index in [9.17, 15) is 22.4 Å². The monoisotopic (exact) mass is 549 g/mol. The van der Waals surface area contributed by atoms with Gasteiger partial charge >= 0.3 is 6.18 Å². The summed E-state index contributed by atoms with van der Waals surface area (Å²) in [5.41, 5.74) is 0.234. The minimum atomic E-state index is -4.79. The lowest BCUT2D eigenvalue weighted by Gasteiger charge is -2.38. The first-order valence-corrected chi connectivity index (χ1v) is 13.0. The van der Waals surface area contributed by atoms with Crippen molar-refractivity contribution in [3.05, 3.63) is 52.7 Å². The first-order valence-electron chi connectivity index (χ1n) is 13.0. The lowest BCUT2D eigenvalue weighted by Crippen LogP contribution is -2.42. The Morgan fingerprint density at radius 2 is 1.97 bits per heavy atom. The summed E-state index contributed by atoms with van der Waals surface area (Å²) in [5.74, 6) is -0.226. The van der Waals surface area contributed by atoms with E-state index in [1.54, 1.807) is 13.8 Å². The van der Waals surface area contributed by atoms with Crippen LogP contribution in [0.25, 0.3) is 11.0 Å². The first-order chi connectivity index (χ1) is 18.6. The van der Waals surface area contributed by atoms with E-state index in [1.165, 1.54) is 19.2 Å². The number of amides is 1. The lowest BCUT2D eigenvalue weighted by atomic mass is 9.89. The van der Waals surface area contributed by atoms with Crippen LogP contribution in [0.5, 0.6) is 0 Å². The Balaban J connectivity index is 1.43. The fraction of sp³-hybridized carbons (Fsp3) is 0.519. The highest BCUT2D eigenvalue weighted by atomic mass is 19.4. The summed E-state index contributed by atoms with van der Waals surface area (Å²) in [4.78, 5) is 23.2. The molecule has 1 fully saturated rings. The predicted octanol–water partition coefficient (Wildman–Crippen LogP) is 5.03. The van der Waals surface area contributed by atoms with Crippen LogP contribution in [0.2, 0.25) is 0 Å². The molecule has 1 saturated heterocycles. The maximum Gasteiger partial charge on any atom is 0.419 e. The molecule has 0 saturated carbocycles. The van der Waals surface area contributed by atoms with Gasteiger partial charge in [0.2, 0.25) is 5.91 Å². The van der Waals surface area contributed by atoms with Crippen molar-refractivity contribution in [1.82, 2.24) is 19.4 Å². The van der Waals surface area contributed by atoms with E-state index in [2.05, 4.69) is 19.9 Å². The van der Waals surface area contributed by atoms with Gasteiger partial charge in [0.15, 0.2) is 0 Å². The molecule has 1 amide bonds. The standard InChI is InChI=1S/C27H31F4N5O3/c1-15(18-5-4-6-20(23(18)28)27(29,30)31)32-25-19-13-21-24(17-7-9-35(10-8-17)22(37)14-38-3)39-12-11-36(21)26(19)34-16(2)33-25/h4-6,13,15,17,24H,7-12,14H2,1-3H3,(H,32,33,34)/t15-,24?/m1/s1. The molecule has 210 valence electrons. The van der Waals surface area contributed by atoms with Crippen molar-refractivity contribution in [2.75, 3.05) is 38.7 Å². The van der Waals surface area contributed by atoms with Crippen LogP contribution < -0.4 is 5.32 Å². The zero-order chi connectivity index (χ0) is 27.9. The summed E-state index contributed by atoms with van der Waals surface area (Å²) in [6, 6.07) is 4.44. The molecule has 0 radical (unpaired) electrons. The number of nitrogens with zero attached hydrogens (tertiary/aromatic N) is 4. The van der Waals surface area contributed by atoms with Gasteiger partial charge in [0.05, 0.1) is 23.6 Å². The van der Waals surface area contributed by atoms with Crippen LogP contribution in [0.4, 0.5) is 23.4 Å². The summed E-state index contributed by atoms with van der Waals surface area (Å²) < 4.78 is 68.0. The molecule has 1 aromatic carbocycles. The van der Waals surface area contributed by atoms with Gasteiger partial charge in [-0.25, -0.2) is 14.4 Å². The maximum atomic E-state index is 14.8. The van der Waals surface area contributed by atoms with Crippen molar-refractivity contribution in [3.8, 4) is 0 Å². The molecule has 3 aromatic rings. The fourth-order valence-electron chi connectivity index (χ4n) is 5.62. The number of ether oxygens (including phenoxy) is 2. The number of piperidine rings is 1. The number of hydrogen-bond donors (Lipinski definition) is 1. The smallest absolute Gasteiger partial charge is 0.375 e. The van der Waals surface area contributed by atoms with Crippen molar-refractivity contribution in [2.45, 2.75) is 51.6 Å². The fourth-order valence-corrected chi connectivity index (χ4v) is 5.62. The van der Waals surface area contributed by atoms with E-state index < -0.39 is 23.6 Å². The number of anilines is 1. The molecule has 2 atom stereocenters. The number of benzene rings is 1. The van der Waals surface area contributed by atoms with E-state index in [4.69, 9.17) is 9.47 Å². The molecule has 2 aliphatic rings. The molecule has 12 heteroatoms. The van der Waals surface area contributed by atoms with Crippen LogP contribution in [0.1, 0.15) is 54.6 Å². The van der Waals surface area contributed by atoms with Crippen LogP contribution in [0, 0.1) is 18.7 Å². The van der Waals surface area contributed by atoms with Crippen LogP contribution >= 0.6 is 0 Å². The normalized spacial score (nSPS) is 19.3. The van der Waals surface area contributed by atoms with Gasteiger partial charge in [-0.1, -0.05) is 12.1 Å². The van der Waals surface area contributed by atoms with Crippen molar-refractivity contribution < 1.29 is 31.8 Å². The highest BCUT2D eigenvalue weighted by Gasteiger charge is 2.36. The van der Waals surface area contributed by atoms with Crippen LogP contribution in [0.3, 0.4) is 0 Å². The van der Waals surface area contributed by atoms with E-state index in [0.717, 1.165) is 24.6 Å². The van der Waals surface area contributed by atoms with Crippen LogP contribution in [0.15, 0.2) is 24.3 Å². The van der Waals surface area contributed by atoms with E-state index >= 15 is 0 Å². The van der Waals surface area contributed by atoms with Crippen LogP contribution in [-0.4, -0.2) is 58.8 Å². The second-order valence-electron chi connectivity index (χ2n) is 10.1. The molecule has 5 rings (SSSR count). The third kappa shape index (κ3) is 5.31. The van der Waals surface area contributed by atoms with Gasteiger partial charge in [0.1, 0.15) is 35.8 Å². The Morgan fingerprint density at radius 1 is 1.23 bits per heavy atom. The van der Waals surface area contributed by atoms with Gasteiger partial charge in [0.25, 0.3) is 0 Å². The van der Waals surface area contributed by atoms with E-state index in [-0.39, 0.29) is 30.1 Å². The second-order valence-corrected chi connectivity index (χ2v) is 10.1. The zero-order valence-electron chi connectivity index (χ0n) is 22.0. The highest BCUT2D eigenvalue weighted by molar-refractivity contribution is 5.89. The molecule has 0 spiro atoms. The van der Waals surface area contributed by atoms with Gasteiger partial charge in [-0.2, -0.15) is 13.2 Å². The summed E-state index contributed by atoms with van der Waals surface area (Å²) in [5, 5.41) is 3.82. The quantitative estimate of drug-likeness (QED) is 0.435. The third-order valence-corrected chi connectivity index (χ3v) is 7.54. The summed E-state index contributed by atoms with van der Waals surface area (Å²) >= 11 is 0. The average molecular weight is 550 g/mol. The summed E-state index contributed by atoms with van der Waals surface area (Å²) in [6.07, 6.45) is -3.42. The predicted molar refractivity (Wildman–Crippen MR) is 136 cm³/mol. The van der Waals surface area contributed by atoms with E-state index in [1.807, 2.05) is 11.0 Å². The van der Waals surface area contributed by atoms with Gasteiger partial charge < -0.3 is 24.3 Å². The maximum absolute atomic E-state index is 14.8. The number of carbonyl (C=O) groups excluding carboxylic acids is 1. The summed E-state index contributed by atoms with van der Waals surface area (Å²) in [7, 11) is 1.50. The molecule has 1 unspecified atom stereocenters. The van der Waals surface area contributed by atoms with Crippen molar-refractivity contribution in [1.29, 1.82) is 0 Å². The minimum absolute atomic E-state index is 0.0255. The number of rotatable bonds is 6. The molecule has 8 nitrogen and oxygen atoms in total. The average Bonchev–Trinajstić information content (AvgIpc) is 3.27. The van der Waals surface area contributed by atoms with Crippen LogP contribution in [-0.2, 0) is 27.0 Å². The Bertz CT molecular complexity index is 1370. The molecule has 2 aromatic heterocycles. The number of aryl methyl sites for hydroxylation is 1. The highest BCUT2D eigenvalue weighted by Crippen LogP contribution is 2.40. The number of aromatic nitrogens is 3. The Labute approximate surface area is 223 Å². The molecule has 0 bridgehead atoms. The number of alkyl halides is 3. The number of methoxy groups -OCH3 is 1. The molecule has 1 N–H and O–H groups in total. The van der Waals surface area contributed by atoms with Crippen molar-refractivity contribution >= 4 is 22.8 Å².